The van der Waals surface area contributed by atoms with Crippen molar-refractivity contribution >= 4 is 17.8 Å². The molecule has 0 aliphatic rings. The highest BCUT2D eigenvalue weighted by Gasteiger charge is 2.28. The standard InChI is InChI=1S/C17H26N2O5/c1-10(2)8-12(18-16(21)14-6-5-7-24-14)15(20)19-13(17(22)23)9-11(3)4/h5-7,10-13H,8-9H2,1-4H3,(H,18,21)(H,19,20)(H,22,23)/t12-,13-/m0/s1. The fraction of sp³-hybridized carbons (Fsp3) is 0.588. The van der Waals surface area contributed by atoms with Gasteiger partial charge in [0.05, 0.1) is 6.26 Å². The summed E-state index contributed by atoms with van der Waals surface area (Å²) < 4.78 is 5.01. The molecular weight excluding hydrogens is 312 g/mol. The molecule has 0 unspecified atom stereocenters. The van der Waals surface area contributed by atoms with E-state index in [2.05, 4.69) is 10.6 Å². The summed E-state index contributed by atoms with van der Waals surface area (Å²) in [5, 5.41) is 14.4. The molecule has 7 heteroatoms. The average molecular weight is 338 g/mol. The number of amides is 2. The summed E-state index contributed by atoms with van der Waals surface area (Å²) in [5.41, 5.74) is 0. The summed E-state index contributed by atoms with van der Waals surface area (Å²) >= 11 is 0. The molecule has 0 spiro atoms. The number of hydrogen-bond donors (Lipinski definition) is 3. The van der Waals surface area contributed by atoms with E-state index in [0.29, 0.717) is 12.8 Å². The molecule has 0 aliphatic carbocycles. The van der Waals surface area contributed by atoms with Gasteiger partial charge in [0.1, 0.15) is 12.1 Å². The lowest BCUT2D eigenvalue weighted by Gasteiger charge is -2.23. The van der Waals surface area contributed by atoms with Crippen LogP contribution in [0.5, 0.6) is 0 Å². The molecule has 1 aromatic rings. The topological polar surface area (TPSA) is 109 Å². The van der Waals surface area contributed by atoms with Crippen molar-refractivity contribution in [1.29, 1.82) is 0 Å². The smallest absolute Gasteiger partial charge is 0.326 e. The summed E-state index contributed by atoms with van der Waals surface area (Å²) in [4.78, 5) is 35.9. The minimum absolute atomic E-state index is 0.105. The fourth-order valence-electron chi connectivity index (χ4n) is 2.31. The second kappa shape index (κ2) is 9.10. The zero-order chi connectivity index (χ0) is 18.3. The summed E-state index contributed by atoms with van der Waals surface area (Å²) in [5.74, 6) is -1.72. The molecule has 0 radical (unpaired) electrons. The fourth-order valence-corrected chi connectivity index (χ4v) is 2.31. The molecule has 1 heterocycles. The SMILES string of the molecule is CC(C)C[C@H](NC(=O)[C@H](CC(C)C)NC(=O)c1ccco1)C(=O)O. The van der Waals surface area contributed by atoms with Gasteiger partial charge in [-0.05, 0) is 36.8 Å². The second-order valence-electron chi connectivity index (χ2n) is 6.66. The molecule has 0 saturated heterocycles. The Morgan fingerprint density at radius 2 is 1.62 bits per heavy atom. The van der Waals surface area contributed by atoms with E-state index in [1.807, 2.05) is 27.7 Å². The van der Waals surface area contributed by atoms with Crippen LogP contribution in [0.2, 0.25) is 0 Å². The minimum Gasteiger partial charge on any atom is -0.480 e. The van der Waals surface area contributed by atoms with Crippen LogP contribution in [0, 0.1) is 11.8 Å². The molecule has 3 N–H and O–H groups in total. The van der Waals surface area contributed by atoms with Crippen molar-refractivity contribution in [2.75, 3.05) is 0 Å². The van der Waals surface area contributed by atoms with Gasteiger partial charge < -0.3 is 20.2 Å². The van der Waals surface area contributed by atoms with Gasteiger partial charge in [-0.3, -0.25) is 9.59 Å². The van der Waals surface area contributed by atoms with E-state index in [-0.39, 0.29) is 17.6 Å². The Morgan fingerprint density at radius 1 is 1.04 bits per heavy atom. The molecule has 1 aromatic heterocycles. The molecular formula is C17H26N2O5. The molecule has 2 amide bonds. The van der Waals surface area contributed by atoms with E-state index >= 15 is 0 Å². The Kier molecular flexibility index (Phi) is 7.48. The molecule has 24 heavy (non-hydrogen) atoms. The number of carboxylic acids is 1. The number of rotatable bonds is 9. The minimum atomic E-state index is -1.09. The maximum absolute atomic E-state index is 12.5. The number of nitrogens with one attached hydrogen (secondary N) is 2. The quantitative estimate of drug-likeness (QED) is 0.638. The molecule has 7 nitrogen and oxygen atoms in total. The molecule has 134 valence electrons. The van der Waals surface area contributed by atoms with E-state index in [0.717, 1.165) is 0 Å². The lowest BCUT2D eigenvalue weighted by molar-refractivity contribution is -0.142. The van der Waals surface area contributed by atoms with Crippen LogP contribution in [0.3, 0.4) is 0 Å². The van der Waals surface area contributed by atoms with E-state index in [9.17, 15) is 19.5 Å². The normalized spacial score (nSPS) is 13.6. The number of aliphatic carboxylic acids is 1. The van der Waals surface area contributed by atoms with Crippen LogP contribution in [0.15, 0.2) is 22.8 Å². The number of hydrogen-bond acceptors (Lipinski definition) is 4. The van der Waals surface area contributed by atoms with Gasteiger partial charge in [-0.25, -0.2) is 4.79 Å². The molecule has 0 aromatic carbocycles. The maximum atomic E-state index is 12.5. The second-order valence-corrected chi connectivity index (χ2v) is 6.66. The van der Waals surface area contributed by atoms with Gasteiger partial charge in [0.15, 0.2) is 5.76 Å². The third-order valence-corrected chi connectivity index (χ3v) is 3.40. The van der Waals surface area contributed by atoms with E-state index in [1.54, 1.807) is 6.07 Å². The summed E-state index contributed by atoms with van der Waals surface area (Å²) in [6.45, 7) is 7.60. The molecule has 1 rings (SSSR count). The van der Waals surface area contributed by atoms with Crippen LogP contribution >= 0.6 is 0 Å². The summed E-state index contributed by atoms with van der Waals surface area (Å²) in [7, 11) is 0. The highest BCUT2D eigenvalue weighted by Crippen LogP contribution is 2.10. The van der Waals surface area contributed by atoms with Crippen molar-refractivity contribution in [1.82, 2.24) is 10.6 Å². The van der Waals surface area contributed by atoms with Crippen molar-refractivity contribution in [3.63, 3.8) is 0 Å². The van der Waals surface area contributed by atoms with E-state index in [4.69, 9.17) is 4.42 Å². The van der Waals surface area contributed by atoms with E-state index < -0.39 is 29.9 Å². The zero-order valence-electron chi connectivity index (χ0n) is 14.5. The third kappa shape index (κ3) is 6.44. The Hall–Kier alpha value is -2.31. The van der Waals surface area contributed by atoms with Gasteiger partial charge in [-0.15, -0.1) is 0 Å². The van der Waals surface area contributed by atoms with Crippen LogP contribution in [0.1, 0.15) is 51.1 Å². The van der Waals surface area contributed by atoms with Gasteiger partial charge in [0.25, 0.3) is 5.91 Å². The molecule has 0 saturated carbocycles. The van der Waals surface area contributed by atoms with Crippen LogP contribution < -0.4 is 10.6 Å². The number of furan rings is 1. The van der Waals surface area contributed by atoms with E-state index in [1.165, 1.54) is 12.3 Å². The van der Waals surface area contributed by atoms with Crippen molar-refractivity contribution in [3.8, 4) is 0 Å². The Bertz CT molecular complexity index is 551. The average Bonchev–Trinajstić information content (AvgIpc) is 2.98. The van der Waals surface area contributed by atoms with Gasteiger partial charge in [-0.2, -0.15) is 0 Å². The Balaban J connectivity index is 2.80. The highest BCUT2D eigenvalue weighted by molar-refractivity contribution is 5.96. The van der Waals surface area contributed by atoms with Crippen molar-refractivity contribution in [2.24, 2.45) is 11.8 Å². The molecule has 0 aliphatic heterocycles. The molecule has 2 atom stereocenters. The molecule has 0 fully saturated rings. The van der Waals surface area contributed by atoms with Gasteiger partial charge in [-0.1, -0.05) is 27.7 Å². The first-order chi connectivity index (χ1) is 11.2. The third-order valence-electron chi connectivity index (χ3n) is 3.40. The lowest BCUT2D eigenvalue weighted by atomic mass is 10.0. The first-order valence-electron chi connectivity index (χ1n) is 8.08. The predicted molar refractivity (Wildman–Crippen MR) is 88.4 cm³/mol. The highest BCUT2D eigenvalue weighted by atomic mass is 16.4. The zero-order valence-corrected chi connectivity index (χ0v) is 14.5. The summed E-state index contributed by atoms with van der Waals surface area (Å²) in [6.07, 6.45) is 2.09. The predicted octanol–water partition coefficient (Wildman–Crippen LogP) is 2.04. The van der Waals surface area contributed by atoms with Crippen molar-refractivity contribution in [2.45, 2.75) is 52.6 Å². The monoisotopic (exact) mass is 338 g/mol. The first-order valence-corrected chi connectivity index (χ1v) is 8.08. The Labute approximate surface area is 141 Å². The van der Waals surface area contributed by atoms with Gasteiger partial charge in [0, 0.05) is 0 Å². The van der Waals surface area contributed by atoms with Gasteiger partial charge in [0.2, 0.25) is 5.91 Å². The van der Waals surface area contributed by atoms with Crippen molar-refractivity contribution in [3.05, 3.63) is 24.2 Å². The van der Waals surface area contributed by atoms with Crippen LogP contribution in [-0.4, -0.2) is 35.0 Å². The van der Waals surface area contributed by atoms with Gasteiger partial charge >= 0.3 is 5.97 Å². The number of carboxylic acid groups (broad SMARTS) is 1. The molecule has 0 bridgehead atoms. The summed E-state index contributed by atoms with van der Waals surface area (Å²) in [6, 6.07) is 1.28. The number of carbonyl (C=O) groups excluding carboxylic acids is 2. The number of carbonyl (C=O) groups is 3. The lowest BCUT2D eigenvalue weighted by Crippen LogP contribution is -2.52. The van der Waals surface area contributed by atoms with Crippen LogP contribution in [0.25, 0.3) is 0 Å². The van der Waals surface area contributed by atoms with Crippen molar-refractivity contribution < 1.29 is 23.9 Å². The first kappa shape index (κ1) is 19.7. The Morgan fingerprint density at radius 3 is 2.08 bits per heavy atom. The van der Waals surface area contributed by atoms with Crippen LogP contribution in [-0.2, 0) is 9.59 Å². The van der Waals surface area contributed by atoms with Crippen LogP contribution in [0.4, 0.5) is 0 Å². The maximum Gasteiger partial charge on any atom is 0.326 e. The largest absolute Gasteiger partial charge is 0.480 e.